The Bertz CT molecular complexity index is 445. The summed E-state index contributed by atoms with van der Waals surface area (Å²) in [6.07, 6.45) is 3.10. The zero-order valence-corrected chi connectivity index (χ0v) is 9.73. The predicted octanol–water partition coefficient (Wildman–Crippen LogP) is 3.39. The largest absolute Gasteiger partial charge is 0.421 e. The lowest BCUT2D eigenvalue weighted by atomic mass is 10.1. The van der Waals surface area contributed by atoms with Gasteiger partial charge in [0.1, 0.15) is 0 Å². The van der Waals surface area contributed by atoms with Crippen LogP contribution >= 0.6 is 0 Å². The predicted molar refractivity (Wildman–Crippen MR) is 63.1 cm³/mol. The lowest BCUT2D eigenvalue weighted by Crippen LogP contribution is -1.83. The third-order valence-electron chi connectivity index (χ3n) is 2.51. The van der Waals surface area contributed by atoms with Gasteiger partial charge >= 0.3 is 0 Å². The van der Waals surface area contributed by atoms with Crippen LogP contribution in [0, 0.1) is 6.92 Å². The van der Waals surface area contributed by atoms with Crippen molar-refractivity contribution in [3.63, 3.8) is 0 Å². The van der Waals surface area contributed by atoms with Crippen LogP contribution in [0.2, 0.25) is 0 Å². The van der Waals surface area contributed by atoms with E-state index in [2.05, 4.69) is 24.0 Å². The van der Waals surface area contributed by atoms with Crippen molar-refractivity contribution in [2.45, 2.75) is 33.1 Å². The summed E-state index contributed by atoms with van der Waals surface area (Å²) in [6, 6.07) is 8.11. The first kappa shape index (κ1) is 10.9. The Balaban J connectivity index is 2.15. The normalized spacial score (nSPS) is 10.6. The molecule has 0 amide bonds. The van der Waals surface area contributed by atoms with Crippen molar-refractivity contribution in [2.24, 2.45) is 0 Å². The first-order valence-electron chi connectivity index (χ1n) is 5.69. The molecule has 0 saturated heterocycles. The fourth-order valence-electron chi connectivity index (χ4n) is 1.50. The molecule has 2 aromatic rings. The van der Waals surface area contributed by atoms with Crippen molar-refractivity contribution in [3.8, 4) is 11.5 Å². The molecule has 0 atom stereocenters. The Morgan fingerprint density at radius 2 is 1.88 bits per heavy atom. The highest BCUT2D eigenvalue weighted by Crippen LogP contribution is 2.18. The minimum atomic E-state index is 0.617. The monoisotopic (exact) mass is 216 g/mol. The molecule has 0 aliphatic carbocycles. The topological polar surface area (TPSA) is 38.9 Å². The molecule has 1 aromatic heterocycles. The second-order valence-electron chi connectivity index (χ2n) is 3.97. The molecule has 84 valence electrons. The smallest absolute Gasteiger partial charge is 0.247 e. The Morgan fingerprint density at radius 3 is 2.56 bits per heavy atom. The summed E-state index contributed by atoms with van der Waals surface area (Å²) in [7, 11) is 0. The maximum atomic E-state index is 5.59. The summed E-state index contributed by atoms with van der Waals surface area (Å²) < 4.78 is 5.59. The Labute approximate surface area is 95.5 Å². The van der Waals surface area contributed by atoms with Gasteiger partial charge in [0, 0.05) is 12.0 Å². The highest BCUT2D eigenvalue weighted by molar-refractivity contribution is 5.52. The SMILES string of the molecule is CCCCc1nnc(-c2ccc(C)cc2)o1. The first-order chi connectivity index (χ1) is 7.79. The van der Waals surface area contributed by atoms with Gasteiger partial charge in [0.15, 0.2) is 0 Å². The number of hydrogen-bond acceptors (Lipinski definition) is 3. The van der Waals surface area contributed by atoms with Crippen LogP contribution < -0.4 is 0 Å². The second kappa shape index (κ2) is 4.92. The molecule has 0 spiro atoms. The molecule has 2 rings (SSSR count). The van der Waals surface area contributed by atoms with E-state index in [1.807, 2.05) is 24.3 Å². The van der Waals surface area contributed by atoms with E-state index >= 15 is 0 Å². The van der Waals surface area contributed by atoms with Crippen LogP contribution in [0.4, 0.5) is 0 Å². The van der Waals surface area contributed by atoms with E-state index in [1.54, 1.807) is 0 Å². The Kier molecular flexibility index (Phi) is 3.34. The summed E-state index contributed by atoms with van der Waals surface area (Å²) in [5.74, 6) is 1.35. The van der Waals surface area contributed by atoms with Crippen LogP contribution in [0.5, 0.6) is 0 Å². The summed E-state index contributed by atoms with van der Waals surface area (Å²) >= 11 is 0. The summed E-state index contributed by atoms with van der Waals surface area (Å²) in [6.45, 7) is 4.21. The van der Waals surface area contributed by atoms with Gasteiger partial charge < -0.3 is 4.42 Å². The van der Waals surface area contributed by atoms with E-state index in [-0.39, 0.29) is 0 Å². The van der Waals surface area contributed by atoms with E-state index in [0.29, 0.717) is 5.89 Å². The van der Waals surface area contributed by atoms with Crippen molar-refractivity contribution in [1.29, 1.82) is 0 Å². The molecule has 0 radical (unpaired) electrons. The number of aromatic nitrogens is 2. The molecule has 0 saturated carbocycles. The Morgan fingerprint density at radius 1 is 1.12 bits per heavy atom. The molecule has 0 bridgehead atoms. The van der Waals surface area contributed by atoms with Crippen molar-refractivity contribution in [2.75, 3.05) is 0 Å². The zero-order valence-electron chi connectivity index (χ0n) is 9.73. The van der Waals surface area contributed by atoms with Gasteiger partial charge in [-0.2, -0.15) is 0 Å². The average Bonchev–Trinajstić information content (AvgIpc) is 2.76. The molecule has 0 unspecified atom stereocenters. The maximum Gasteiger partial charge on any atom is 0.247 e. The van der Waals surface area contributed by atoms with Gasteiger partial charge in [-0.3, -0.25) is 0 Å². The third kappa shape index (κ3) is 2.48. The fraction of sp³-hybridized carbons (Fsp3) is 0.385. The van der Waals surface area contributed by atoms with Crippen molar-refractivity contribution < 1.29 is 4.42 Å². The quantitative estimate of drug-likeness (QED) is 0.786. The molecule has 16 heavy (non-hydrogen) atoms. The fourth-order valence-corrected chi connectivity index (χ4v) is 1.50. The standard InChI is InChI=1S/C13H16N2O/c1-3-4-5-12-14-15-13(16-12)11-8-6-10(2)7-9-11/h6-9H,3-5H2,1-2H3. The number of hydrogen-bond donors (Lipinski definition) is 0. The summed E-state index contributed by atoms with van der Waals surface area (Å²) in [5.41, 5.74) is 2.22. The van der Waals surface area contributed by atoms with E-state index in [9.17, 15) is 0 Å². The molecule has 1 heterocycles. The van der Waals surface area contributed by atoms with Gasteiger partial charge in [-0.05, 0) is 25.5 Å². The van der Waals surface area contributed by atoms with Gasteiger partial charge in [0.05, 0.1) is 0 Å². The molecular formula is C13H16N2O. The van der Waals surface area contributed by atoms with E-state index in [4.69, 9.17) is 4.42 Å². The van der Waals surface area contributed by atoms with E-state index in [0.717, 1.165) is 30.7 Å². The van der Waals surface area contributed by atoms with Gasteiger partial charge in [0.2, 0.25) is 11.8 Å². The van der Waals surface area contributed by atoms with Crippen LogP contribution in [0.1, 0.15) is 31.2 Å². The zero-order chi connectivity index (χ0) is 11.4. The van der Waals surface area contributed by atoms with E-state index in [1.165, 1.54) is 5.56 Å². The van der Waals surface area contributed by atoms with Crippen LogP contribution in [-0.2, 0) is 6.42 Å². The number of benzene rings is 1. The molecule has 0 aliphatic heterocycles. The van der Waals surface area contributed by atoms with Crippen LogP contribution in [0.25, 0.3) is 11.5 Å². The molecule has 3 heteroatoms. The number of rotatable bonds is 4. The first-order valence-corrected chi connectivity index (χ1v) is 5.69. The minimum Gasteiger partial charge on any atom is -0.421 e. The third-order valence-corrected chi connectivity index (χ3v) is 2.51. The van der Waals surface area contributed by atoms with Crippen molar-refractivity contribution >= 4 is 0 Å². The molecular weight excluding hydrogens is 200 g/mol. The van der Waals surface area contributed by atoms with Gasteiger partial charge in [-0.1, -0.05) is 31.0 Å². The number of unbranched alkanes of at least 4 members (excludes halogenated alkanes) is 1. The summed E-state index contributed by atoms with van der Waals surface area (Å²) in [4.78, 5) is 0. The van der Waals surface area contributed by atoms with Crippen LogP contribution in [-0.4, -0.2) is 10.2 Å². The molecule has 0 aliphatic rings. The van der Waals surface area contributed by atoms with Crippen molar-refractivity contribution in [1.82, 2.24) is 10.2 Å². The average molecular weight is 216 g/mol. The lowest BCUT2D eigenvalue weighted by Gasteiger charge is -1.95. The minimum absolute atomic E-state index is 0.617. The maximum absolute atomic E-state index is 5.59. The van der Waals surface area contributed by atoms with Crippen LogP contribution in [0.15, 0.2) is 28.7 Å². The van der Waals surface area contributed by atoms with E-state index < -0.39 is 0 Å². The summed E-state index contributed by atoms with van der Waals surface area (Å²) in [5, 5.41) is 8.09. The molecule has 0 fully saturated rings. The number of nitrogens with zero attached hydrogens (tertiary/aromatic N) is 2. The molecule has 0 N–H and O–H groups in total. The molecule has 1 aromatic carbocycles. The number of aryl methyl sites for hydroxylation is 2. The second-order valence-corrected chi connectivity index (χ2v) is 3.97. The van der Waals surface area contributed by atoms with Gasteiger partial charge in [0.25, 0.3) is 0 Å². The highest BCUT2D eigenvalue weighted by atomic mass is 16.4. The van der Waals surface area contributed by atoms with Crippen molar-refractivity contribution in [3.05, 3.63) is 35.7 Å². The van der Waals surface area contributed by atoms with Gasteiger partial charge in [-0.15, -0.1) is 10.2 Å². The van der Waals surface area contributed by atoms with Crippen LogP contribution in [0.3, 0.4) is 0 Å². The molecule has 3 nitrogen and oxygen atoms in total. The lowest BCUT2D eigenvalue weighted by molar-refractivity contribution is 0.496. The Hall–Kier alpha value is -1.64. The van der Waals surface area contributed by atoms with Gasteiger partial charge in [-0.25, -0.2) is 0 Å². The highest BCUT2D eigenvalue weighted by Gasteiger charge is 2.07.